The van der Waals surface area contributed by atoms with Gasteiger partial charge in [-0.05, 0) is 30.3 Å². The maximum Gasteiger partial charge on any atom is 0.255 e. The minimum atomic E-state index is -0.285. The van der Waals surface area contributed by atoms with Crippen molar-refractivity contribution in [1.82, 2.24) is 4.98 Å². The molecular formula is C15H14ClN3O2. The van der Waals surface area contributed by atoms with Crippen molar-refractivity contribution in [3.8, 4) is 0 Å². The van der Waals surface area contributed by atoms with Crippen LogP contribution in [0.4, 0.5) is 11.4 Å². The molecule has 2 aromatic rings. The summed E-state index contributed by atoms with van der Waals surface area (Å²) in [6.07, 6.45) is 1.86. The number of nitrogens with zero attached hydrogens (tertiary/aromatic N) is 1. The van der Waals surface area contributed by atoms with Gasteiger partial charge in [-0.1, -0.05) is 24.6 Å². The van der Waals surface area contributed by atoms with Gasteiger partial charge < -0.3 is 10.6 Å². The first-order valence-corrected chi connectivity index (χ1v) is 6.79. The number of benzene rings is 1. The second kappa shape index (κ2) is 6.85. The highest BCUT2D eigenvalue weighted by molar-refractivity contribution is 6.29. The summed E-state index contributed by atoms with van der Waals surface area (Å²) in [5.41, 5.74) is 1.58. The van der Waals surface area contributed by atoms with Crippen LogP contribution in [-0.4, -0.2) is 16.8 Å². The molecule has 0 aliphatic heterocycles. The van der Waals surface area contributed by atoms with E-state index in [9.17, 15) is 9.59 Å². The third-order valence-electron chi connectivity index (χ3n) is 2.71. The molecule has 0 radical (unpaired) electrons. The highest BCUT2D eigenvalue weighted by Gasteiger charge is 2.08. The summed E-state index contributed by atoms with van der Waals surface area (Å²) in [5.74, 6) is -0.388. The fourth-order valence-electron chi connectivity index (χ4n) is 1.64. The van der Waals surface area contributed by atoms with Gasteiger partial charge in [0.1, 0.15) is 5.15 Å². The molecule has 21 heavy (non-hydrogen) atoms. The Morgan fingerprint density at radius 2 is 1.95 bits per heavy atom. The van der Waals surface area contributed by atoms with Gasteiger partial charge in [0.2, 0.25) is 5.91 Å². The topological polar surface area (TPSA) is 71.1 Å². The molecule has 0 fully saturated rings. The van der Waals surface area contributed by atoms with Crippen LogP contribution in [0.15, 0.2) is 42.6 Å². The lowest BCUT2D eigenvalue weighted by molar-refractivity contribution is -0.115. The van der Waals surface area contributed by atoms with E-state index in [1.54, 1.807) is 43.3 Å². The van der Waals surface area contributed by atoms with Crippen LogP contribution in [0.5, 0.6) is 0 Å². The van der Waals surface area contributed by atoms with Crippen molar-refractivity contribution in [2.75, 3.05) is 10.6 Å². The lowest BCUT2D eigenvalue weighted by Gasteiger charge is -2.07. The van der Waals surface area contributed by atoms with Crippen molar-refractivity contribution in [3.63, 3.8) is 0 Å². The largest absolute Gasteiger partial charge is 0.326 e. The summed E-state index contributed by atoms with van der Waals surface area (Å²) < 4.78 is 0. The zero-order valence-electron chi connectivity index (χ0n) is 11.4. The number of carbonyl (C=O) groups is 2. The number of aromatic nitrogens is 1. The molecule has 1 heterocycles. The fourth-order valence-corrected chi connectivity index (χ4v) is 1.75. The van der Waals surface area contributed by atoms with E-state index < -0.39 is 0 Å². The average molecular weight is 304 g/mol. The number of hydrogen-bond acceptors (Lipinski definition) is 3. The molecule has 1 aromatic heterocycles. The van der Waals surface area contributed by atoms with Gasteiger partial charge in [0.15, 0.2) is 0 Å². The number of carbonyl (C=O) groups excluding carboxylic acids is 2. The summed E-state index contributed by atoms with van der Waals surface area (Å²) in [4.78, 5) is 27.4. The van der Waals surface area contributed by atoms with Gasteiger partial charge >= 0.3 is 0 Å². The lowest BCUT2D eigenvalue weighted by Crippen LogP contribution is -2.14. The molecule has 108 valence electrons. The molecule has 0 saturated carbocycles. The van der Waals surface area contributed by atoms with Crippen LogP contribution in [0.25, 0.3) is 0 Å². The minimum absolute atomic E-state index is 0.102. The van der Waals surface area contributed by atoms with Crippen molar-refractivity contribution in [1.29, 1.82) is 0 Å². The Bertz CT molecular complexity index is 656. The van der Waals surface area contributed by atoms with Gasteiger partial charge in [-0.15, -0.1) is 0 Å². The predicted molar refractivity (Wildman–Crippen MR) is 82.6 cm³/mol. The number of pyridine rings is 1. The second-order valence-electron chi connectivity index (χ2n) is 4.31. The first-order chi connectivity index (χ1) is 10.1. The Morgan fingerprint density at radius 3 is 2.62 bits per heavy atom. The van der Waals surface area contributed by atoms with E-state index in [2.05, 4.69) is 15.6 Å². The summed E-state index contributed by atoms with van der Waals surface area (Å²) >= 11 is 5.68. The van der Waals surface area contributed by atoms with Crippen molar-refractivity contribution < 1.29 is 9.59 Å². The lowest BCUT2D eigenvalue weighted by atomic mass is 10.2. The number of hydrogen-bond donors (Lipinski definition) is 2. The average Bonchev–Trinajstić information content (AvgIpc) is 2.49. The Kier molecular flexibility index (Phi) is 4.90. The highest BCUT2D eigenvalue weighted by Crippen LogP contribution is 2.14. The minimum Gasteiger partial charge on any atom is -0.326 e. The SMILES string of the molecule is CCC(=O)Nc1cccc(C(=O)Nc2ccc(Cl)nc2)c1. The first kappa shape index (κ1) is 15.0. The molecule has 1 aromatic carbocycles. The van der Waals surface area contributed by atoms with Gasteiger partial charge in [-0.25, -0.2) is 4.98 Å². The molecule has 0 saturated heterocycles. The number of rotatable bonds is 4. The molecule has 5 nitrogen and oxygen atoms in total. The van der Waals surface area contributed by atoms with E-state index in [0.717, 1.165) is 0 Å². The van der Waals surface area contributed by atoms with Crippen LogP contribution in [0.1, 0.15) is 23.7 Å². The Hall–Kier alpha value is -2.40. The molecule has 0 aliphatic carbocycles. The quantitative estimate of drug-likeness (QED) is 0.851. The summed E-state index contributed by atoms with van der Waals surface area (Å²) in [5, 5.41) is 5.78. The highest BCUT2D eigenvalue weighted by atomic mass is 35.5. The summed E-state index contributed by atoms with van der Waals surface area (Å²) in [7, 11) is 0. The summed E-state index contributed by atoms with van der Waals surface area (Å²) in [6, 6.07) is 9.98. The van der Waals surface area contributed by atoms with Crippen LogP contribution in [0, 0.1) is 0 Å². The molecule has 0 spiro atoms. The maximum atomic E-state index is 12.1. The van der Waals surface area contributed by atoms with E-state index in [0.29, 0.717) is 28.5 Å². The van der Waals surface area contributed by atoms with E-state index in [1.165, 1.54) is 6.20 Å². The van der Waals surface area contributed by atoms with Gasteiger partial charge in [-0.3, -0.25) is 9.59 Å². The predicted octanol–water partition coefficient (Wildman–Crippen LogP) is 3.34. The normalized spacial score (nSPS) is 10.0. The molecule has 0 atom stereocenters. The molecule has 6 heteroatoms. The maximum absolute atomic E-state index is 12.1. The number of amides is 2. The fraction of sp³-hybridized carbons (Fsp3) is 0.133. The van der Waals surface area contributed by atoms with Gasteiger partial charge in [0, 0.05) is 17.7 Å². The monoisotopic (exact) mass is 303 g/mol. The third kappa shape index (κ3) is 4.29. The zero-order valence-corrected chi connectivity index (χ0v) is 12.1. The molecule has 2 N–H and O–H groups in total. The van der Waals surface area contributed by atoms with Crippen LogP contribution in [-0.2, 0) is 4.79 Å². The number of halogens is 1. The van der Waals surface area contributed by atoms with Gasteiger partial charge in [0.25, 0.3) is 5.91 Å². The van der Waals surface area contributed by atoms with E-state index in [1.807, 2.05) is 0 Å². The molecule has 2 amide bonds. The van der Waals surface area contributed by atoms with Crippen LogP contribution in [0.2, 0.25) is 5.15 Å². The van der Waals surface area contributed by atoms with Crippen molar-refractivity contribution in [3.05, 3.63) is 53.3 Å². The Morgan fingerprint density at radius 1 is 1.14 bits per heavy atom. The van der Waals surface area contributed by atoms with Crippen molar-refractivity contribution >= 4 is 34.8 Å². The van der Waals surface area contributed by atoms with Crippen LogP contribution < -0.4 is 10.6 Å². The van der Waals surface area contributed by atoms with Gasteiger partial charge in [-0.2, -0.15) is 0 Å². The van der Waals surface area contributed by atoms with Crippen molar-refractivity contribution in [2.45, 2.75) is 13.3 Å². The molecular weight excluding hydrogens is 290 g/mol. The first-order valence-electron chi connectivity index (χ1n) is 6.41. The molecule has 0 bridgehead atoms. The Labute approximate surface area is 127 Å². The number of nitrogens with one attached hydrogen (secondary N) is 2. The number of anilines is 2. The molecule has 2 rings (SSSR count). The van der Waals surface area contributed by atoms with E-state index in [4.69, 9.17) is 11.6 Å². The van der Waals surface area contributed by atoms with E-state index >= 15 is 0 Å². The molecule has 0 unspecified atom stereocenters. The van der Waals surface area contributed by atoms with Crippen molar-refractivity contribution in [2.24, 2.45) is 0 Å². The Balaban J connectivity index is 2.10. The third-order valence-corrected chi connectivity index (χ3v) is 2.94. The van der Waals surface area contributed by atoms with Crippen LogP contribution >= 0.6 is 11.6 Å². The van der Waals surface area contributed by atoms with Crippen LogP contribution in [0.3, 0.4) is 0 Å². The van der Waals surface area contributed by atoms with Gasteiger partial charge in [0.05, 0.1) is 11.9 Å². The zero-order chi connectivity index (χ0) is 15.2. The van der Waals surface area contributed by atoms with E-state index in [-0.39, 0.29) is 11.8 Å². The second-order valence-corrected chi connectivity index (χ2v) is 4.69. The molecule has 0 aliphatic rings. The summed E-state index contributed by atoms with van der Waals surface area (Å²) in [6.45, 7) is 1.76. The smallest absolute Gasteiger partial charge is 0.255 e. The standard InChI is InChI=1S/C15H14ClN3O2/c1-2-14(20)18-11-5-3-4-10(8-11)15(21)19-12-6-7-13(16)17-9-12/h3-9H,2H2,1H3,(H,18,20)(H,19,21).